The standard InChI is InChI=1S/C21H30N2/c1-13-11-18(15(3)14(13)2)17-10-9-16(23(7)8)12-19(17)20(22)21(4,5)6/h9-12,18,22H,1-8H3. The summed E-state index contributed by atoms with van der Waals surface area (Å²) < 4.78 is 0. The summed E-state index contributed by atoms with van der Waals surface area (Å²) in [5.41, 5.74) is 8.18. The molecule has 0 spiro atoms. The van der Waals surface area contributed by atoms with E-state index in [0.29, 0.717) is 11.6 Å². The Labute approximate surface area is 141 Å². The highest BCUT2D eigenvalue weighted by molar-refractivity contribution is 6.04. The molecule has 0 radical (unpaired) electrons. The monoisotopic (exact) mass is 310 g/mol. The Balaban J connectivity index is 2.63. The van der Waals surface area contributed by atoms with Gasteiger partial charge in [-0.3, -0.25) is 0 Å². The molecule has 0 fully saturated rings. The van der Waals surface area contributed by atoms with Gasteiger partial charge in [-0.15, -0.1) is 0 Å². The quantitative estimate of drug-likeness (QED) is 0.728. The van der Waals surface area contributed by atoms with Crippen LogP contribution in [-0.4, -0.2) is 19.8 Å². The first-order chi connectivity index (χ1) is 10.5. The van der Waals surface area contributed by atoms with Gasteiger partial charge < -0.3 is 10.3 Å². The second-order valence-electron chi connectivity index (χ2n) is 7.93. The molecule has 1 N–H and O–H groups in total. The predicted octanol–water partition coefficient (Wildman–Crippen LogP) is 5.55. The summed E-state index contributed by atoms with van der Waals surface area (Å²) in [6.45, 7) is 12.9. The van der Waals surface area contributed by atoms with Gasteiger partial charge in [-0.1, -0.05) is 44.1 Å². The largest absolute Gasteiger partial charge is 0.378 e. The average molecular weight is 310 g/mol. The maximum absolute atomic E-state index is 8.73. The maximum atomic E-state index is 8.73. The van der Waals surface area contributed by atoms with Crippen molar-refractivity contribution < 1.29 is 0 Å². The Morgan fingerprint density at radius 1 is 1.09 bits per heavy atom. The smallest absolute Gasteiger partial charge is 0.0443 e. The van der Waals surface area contributed by atoms with Gasteiger partial charge in [0.2, 0.25) is 0 Å². The molecule has 1 unspecified atom stereocenters. The van der Waals surface area contributed by atoms with Crippen LogP contribution in [0.15, 0.2) is 41.0 Å². The SMILES string of the molecule is CC1=CC(c2ccc(N(C)C)cc2C(=N)C(C)(C)C)C(C)=C1C. The molecule has 0 amide bonds. The number of hydrogen-bond acceptors (Lipinski definition) is 2. The Morgan fingerprint density at radius 3 is 2.13 bits per heavy atom. The van der Waals surface area contributed by atoms with Gasteiger partial charge in [0.1, 0.15) is 0 Å². The van der Waals surface area contributed by atoms with Crippen molar-refractivity contribution in [3.63, 3.8) is 0 Å². The first-order valence-electron chi connectivity index (χ1n) is 8.31. The zero-order valence-electron chi connectivity index (χ0n) is 15.8. The highest BCUT2D eigenvalue weighted by Crippen LogP contribution is 2.40. The normalized spacial score (nSPS) is 18.3. The first kappa shape index (κ1) is 17.5. The molecule has 2 nitrogen and oxygen atoms in total. The topological polar surface area (TPSA) is 27.1 Å². The third kappa shape index (κ3) is 3.26. The molecular formula is C21H30N2. The average Bonchev–Trinajstić information content (AvgIpc) is 2.72. The van der Waals surface area contributed by atoms with E-state index in [2.05, 4.69) is 84.8 Å². The second-order valence-corrected chi connectivity index (χ2v) is 7.93. The van der Waals surface area contributed by atoms with E-state index in [-0.39, 0.29) is 5.41 Å². The van der Waals surface area contributed by atoms with Crippen LogP contribution >= 0.6 is 0 Å². The Kier molecular flexibility index (Phi) is 4.57. The minimum atomic E-state index is -0.163. The van der Waals surface area contributed by atoms with Crippen molar-refractivity contribution in [3.05, 3.63) is 52.1 Å². The molecule has 2 heteroatoms. The number of nitrogens with one attached hydrogen (secondary N) is 1. The van der Waals surface area contributed by atoms with E-state index < -0.39 is 0 Å². The number of benzene rings is 1. The lowest BCUT2D eigenvalue weighted by molar-refractivity contribution is 0.588. The van der Waals surface area contributed by atoms with Crippen LogP contribution in [0.5, 0.6) is 0 Å². The molecule has 0 bridgehead atoms. The highest BCUT2D eigenvalue weighted by atomic mass is 15.1. The number of anilines is 1. The van der Waals surface area contributed by atoms with Gasteiger partial charge in [-0.25, -0.2) is 0 Å². The van der Waals surface area contributed by atoms with E-state index in [1.54, 1.807) is 0 Å². The number of hydrogen-bond donors (Lipinski definition) is 1. The van der Waals surface area contributed by atoms with Crippen molar-refractivity contribution in [1.82, 2.24) is 0 Å². The molecule has 124 valence electrons. The van der Waals surface area contributed by atoms with Crippen LogP contribution in [0.1, 0.15) is 58.6 Å². The number of rotatable bonds is 3. The fourth-order valence-corrected chi connectivity index (χ4v) is 3.08. The lowest BCUT2D eigenvalue weighted by Gasteiger charge is -2.26. The Hall–Kier alpha value is -1.83. The van der Waals surface area contributed by atoms with E-state index >= 15 is 0 Å². The van der Waals surface area contributed by atoms with Gasteiger partial charge in [-0.2, -0.15) is 0 Å². The summed E-state index contributed by atoms with van der Waals surface area (Å²) in [7, 11) is 4.10. The van der Waals surface area contributed by atoms with E-state index in [1.807, 2.05) is 0 Å². The molecule has 0 heterocycles. The fraction of sp³-hybridized carbons (Fsp3) is 0.476. The minimum Gasteiger partial charge on any atom is -0.378 e. The van der Waals surface area contributed by atoms with Gasteiger partial charge in [0, 0.05) is 42.4 Å². The molecular weight excluding hydrogens is 280 g/mol. The predicted molar refractivity (Wildman–Crippen MR) is 102 cm³/mol. The Bertz CT molecular complexity index is 697. The van der Waals surface area contributed by atoms with Gasteiger partial charge in [0.25, 0.3) is 0 Å². The molecule has 23 heavy (non-hydrogen) atoms. The fourth-order valence-electron chi connectivity index (χ4n) is 3.08. The summed E-state index contributed by atoms with van der Waals surface area (Å²) in [5.74, 6) is 0.295. The van der Waals surface area contributed by atoms with Crippen LogP contribution < -0.4 is 4.90 Å². The third-order valence-corrected chi connectivity index (χ3v) is 4.97. The van der Waals surface area contributed by atoms with Crippen LogP contribution in [-0.2, 0) is 0 Å². The zero-order valence-corrected chi connectivity index (χ0v) is 15.8. The molecule has 0 saturated heterocycles. The zero-order chi connectivity index (χ0) is 17.5. The van der Waals surface area contributed by atoms with Crippen molar-refractivity contribution in [3.8, 4) is 0 Å². The van der Waals surface area contributed by atoms with Crippen LogP contribution in [0.25, 0.3) is 0 Å². The second kappa shape index (κ2) is 5.99. The molecule has 1 aliphatic carbocycles. The van der Waals surface area contributed by atoms with Gasteiger partial charge in [0.15, 0.2) is 0 Å². The lowest BCUT2D eigenvalue weighted by atomic mass is 9.80. The molecule has 0 aliphatic heterocycles. The number of nitrogens with zero attached hydrogens (tertiary/aromatic N) is 1. The number of allylic oxidation sites excluding steroid dienone is 4. The lowest BCUT2D eigenvalue weighted by Crippen LogP contribution is -2.23. The molecule has 2 rings (SSSR count). The van der Waals surface area contributed by atoms with Crippen LogP contribution in [0.4, 0.5) is 5.69 Å². The van der Waals surface area contributed by atoms with Crippen molar-refractivity contribution in [1.29, 1.82) is 5.41 Å². The van der Waals surface area contributed by atoms with E-state index in [1.165, 1.54) is 22.3 Å². The van der Waals surface area contributed by atoms with Gasteiger partial charge in [-0.05, 0) is 44.0 Å². The van der Waals surface area contributed by atoms with Gasteiger partial charge in [0.05, 0.1) is 0 Å². The highest BCUT2D eigenvalue weighted by Gasteiger charge is 2.27. The van der Waals surface area contributed by atoms with Crippen molar-refractivity contribution in [2.75, 3.05) is 19.0 Å². The van der Waals surface area contributed by atoms with Crippen LogP contribution in [0.2, 0.25) is 0 Å². The van der Waals surface area contributed by atoms with E-state index in [0.717, 1.165) is 11.3 Å². The van der Waals surface area contributed by atoms with Crippen molar-refractivity contribution >= 4 is 11.4 Å². The summed E-state index contributed by atoms with van der Waals surface area (Å²) in [6.07, 6.45) is 2.34. The maximum Gasteiger partial charge on any atom is 0.0443 e. The summed E-state index contributed by atoms with van der Waals surface area (Å²) in [6, 6.07) is 6.55. The molecule has 0 aromatic heterocycles. The molecule has 1 atom stereocenters. The Morgan fingerprint density at radius 2 is 1.70 bits per heavy atom. The molecule has 1 aliphatic rings. The summed E-state index contributed by atoms with van der Waals surface area (Å²) >= 11 is 0. The minimum absolute atomic E-state index is 0.163. The van der Waals surface area contributed by atoms with Crippen LogP contribution in [0.3, 0.4) is 0 Å². The van der Waals surface area contributed by atoms with Crippen molar-refractivity contribution in [2.45, 2.75) is 47.5 Å². The summed E-state index contributed by atoms with van der Waals surface area (Å²) in [4.78, 5) is 2.10. The van der Waals surface area contributed by atoms with E-state index in [9.17, 15) is 0 Å². The molecule has 0 saturated carbocycles. The van der Waals surface area contributed by atoms with Crippen LogP contribution in [0, 0.1) is 10.8 Å². The third-order valence-electron chi connectivity index (χ3n) is 4.97. The molecule has 1 aromatic rings. The van der Waals surface area contributed by atoms with Gasteiger partial charge >= 0.3 is 0 Å². The molecule has 1 aromatic carbocycles. The van der Waals surface area contributed by atoms with Crippen molar-refractivity contribution in [2.24, 2.45) is 5.41 Å². The van der Waals surface area contributed by atoms with E-state index in [4.69, 9.17) is 5.41 Å². The first-order valence-corrected chi connectivity index (χ1v) is 8.31. The summed E-state index contributed by atoms with van der Waals surface area (Å²) in [5, 5.41) is 8.73.